The van der Waals surface area contributed by atoms with E-state index in [0.29, 0.717) is 12.6 Å². The van der Waals surface area contributed by atoms with Crippen LogP contribution in [0.3, 0.4) is 0 Å². The molecule has 17 heavy (non-hydrogen) atoms. The van der Waals surface area contributed by atoms with Crippen molar-refractivity contribution in [3.05, 3.63) is 35.6 Å². The van der Waals surface area contributed by atoms with Gasteiger partial charge in [0.1, 0.15) is 5.82 Å². The smallest absolute Gasteiger partial charge is 0.123 e. The highest BCUT2D eigenvalue weighted by molar-refractivity contribution is 5.20. The van der Waals surface area contributed by atoms with Gasteiger partial charge in [0, 0.05) is 31.8 Å². The minimum Gasteiger partial charge on any atom is -0.381 e. The number of benzene rings is 1. The van der Waals surface area contributed by atoms with Crippen molar-refractivity contribution in [2.75, 3.05) is 19.8 Å². The van der Waals surface area contributed by atoms with Crippen LogP contribution in [0.25, 0.3) is 0 Å². The van der Waals surface area contributed by atoms with Crippen LogP contribution in [0.4, 0.5) is 4.39 Å². The maximum Gasteiger partial charge on any atom is 0.123 e. The first kappa shape index (κ1) is 12.5. The van der Waals surface area contributed by atoms with Crippen LogP contribution in [-0.4, -0.2) is 25.8 Å². The lowest BCUT2D eigenvalue weighted by molar-refractivity contribution is 0.0751. The molecule has 0 amide bonds. The highest BCUT2D eigenvalue weighted by Gasteiger charge is 2.18. The van der Waals surface area contributed by atoms with Gasteiger partial charge >= 0.3 is 0 Å². The molecule has 0 bridgehead atoms. The van der Waals surface area contributed by atoms with E-state index in [1.54, 1.807) is 12.1 Å². The Kier molecular flexibility index (Phi) is 4.48. The standard InChI is InChI=1S/C13H19FN2O/c14-11-3-1-2-10(8-11)13(9-15)16-12-4-6-17-7-5-12/h1-3,8,12-13,16H,4-7,9,15H2. The highest BCUT2D eigenvalue weighted by atomic mass is 19.1. The van der Waals surface area contributed by atoms with E-state index in [0.717, 1.165) is 31.6 Å². The molecule has 94 valence electrons. The van der Waals surface area contributed by atoms with Crippen LogP contribution in [0.2, 0.25) is 0 Å². The Morgan fingerprint density at radius 3 is 2.82 bits per heavy atom. The molecule has 1 aliphatic rings. The topological polar surface area (TPSA) is 47.3 Å². The molecular formula is C13H19FN2O. The first-order chi connectivity index (χ1) is 8.29. The van der Waals surface area contributed by atoms with Gasteiger partial charge in [0.15, 0.2) is 0 Å². The highest BCUT2D eigenvalue weighted by Crippen LogP contribution is 2.16. The van der Waals surface area contributed by atoms with Gasteiger partial charge in [-0.1, -0.05) is 12.1 Å². The van der Waals surface area contributed by atoms with Crippen molar-refractivity contribution in [1.82, 2.24) is 5.32 Å². The fourth-order valence-corrected chi connectivity index (χ4v) is 2.17. The number of nitrogens with one attached hydrogen (secondary N) is 1. The number of hydrogen-bond donors (Lipinski definition) is 2. The Labute approximate surface area is 101 Å². The molecule has 1 heterocycles. The van der Waals surface area contributed by atoms with Crippen molar-refractivity contribution >= 4 is 0 Å². The lowest BCUT2D eigenvalue weighted by Crippen LogP contribution is -2.40. The third kappa shape index (κ3) is 3.49. The Bertz CT molecular complexity index is 353. The number of rotatable bonds is 4. The Balaban J connectivity index is 2.00. The summed E-state index contributed by atoms with van der Waals surface area (Å²) in [5.41, 5.74) is 6.67. The Morgan fingerprint density at radius 2 is 2.18 bits per heavy atom. The molecule has 1 aromatic rings. The molecule has 1 fully saturated rings. The van der Waals surface area contributed by atoms with Gasteiger partial charge in [-0.3, -0.25) is 0 Å². The molecule has 3 N–H and O–H groups in total. The third-order valence-electron chi connectivity index (χ3n) is 3.14. The fraction of sp³-hybridized carbons (Fsp3) is 0.538. The summed E-state index contributed by atoms with van der Waals surface area (Å²) in [6.07, 6.45) is 1.98. The van der Waals surface area contributed by atoms with Gasteiger partial charge in [0.2, 0.25) is 0 Å². The predicted octanol–water partition coefficient (Wildman–Crippen LogP) is 1.59. The van der Waals surface area contributed by atoms with Gasteiger partial charge in [0.05, 0.1) is 0 Å². The number of ether oxygens (including phenoxy) is 1. The molecule has 0 aromatic heterocycles. The summed E-state index contributed by atoms with van der Waals surface area (Å²) >= 11 is 0. The van der Waals surface area contributed by atoms with E-state index in [9.17, 15) is 4.39 Å². The van der Waals surface area contributed by atoms with Crippen molar-refractivity contribution < 1.29 is 9.13 Å². The zero-order chi connectivity index (χ0) is 12.1. The first-order valence-electron chi connectivity index (χ1n) is 6.09. The second kappa shape index (κ2) is 6.10. The lowest BCUT2D eigenvalue weighted by atomic mass is 10.0. The predicted molar refractivity (Wildman–Crippen MR) is 65.2 cm³/mol. The zero-order valence-corrected chi connectivity index (χ0v) is 9.86. The van der Waals surface area contributed by atoms with Gasteiger partial charge in [0.25, 0.3) is 0 Å². The van der Waals surface area contributed by atoms with Gasteiger partial charge in [-0.15, -0.1) is 0 Å². The van der Waals surface area contributed by atoms with E-state index in [1.807, 2.05) is 6.07 Å². The van der Waals surface area contributed by atoms with Crippen LogP contribution in [0, 0.1) is 5.82 Å². The molecule has 1 unspecified atom stereocenters. The van der Waals surface area contributed by atoms with Crippen molar-refractivity contribution in [3.8, 4) is 0 Å². The molecule has 1 aliphatic heterocycles. The molecule has 0 radical (unpaired) electrons. The van der Waals surface area contributed by atoms with Gasteiger partial charge in [-0.2, -0.15) is 0 Å². The Hall–Kier alpha value is -0.970. The molecular weight excluding hydrogens is 219 g/mol. The van der Waals surface area contributed by atoms with Crippen LogP contribution in [0.15, 0.2) is 24.3 Å². The van der Waals surface area contributed by atoms with Gasteiger partial charge in [-0.05, 0) is 30.5 Å². The second-order valence-corrected chi connectivity index (χ2v) is 4.40. The van der Waals surface area contributed by atoms with Crippen LogP contribution >= 0.6 is 0 Å². The molecule has 0 aliphatic carbocycles. The van der Waals surface area contributed by atoms with Crippen LogP contribution < -0.4 is 11.1 Å². The molecule has 4 heteroatoms. The Morgan fingerprint density at radius 1 is 1.41 bits per heavy atom. The van der Waals surface area contributed by atoms with E-state index in [2.05, 4.69) is 5.32 Å². The summed E-state index contributed by atoms with van der Waals surface area (Å²) in [7, 11) is 0. The maximum absolute atomic E-state index is 13.2. The maximum atomic E-state index is 13.2. The van der Waals surface area contributed by atoms with Crippen LogP contribution in [-0.2, 0) is 4.74 Å². The first-order valence-corrected chi connectivity index (χ1v) is 6.09. The minimum atomic E-state index is -0.213. The van der Waals surface area contributed by atoms with Gasteiger partial charge < -0.3 is 15.8 Å². The molecule has 1 saturated heterocycles. The molecule has 1 aromatic carbocycles. The average molecular weight is 238 g/mol. The quantitative estimate of drug-likeness (QED) is 0.837. The number of nitrogens with two attached hydrogens (primary N) is 1. The molecule has 2 rings (SSSR count). The fourth-order valence-electron chi connectivity index (χ4n) is 2.17. The monoisotopic (exact) mass is 238 g/mol. The summed E-state index contributed by atoms with van der Waals surface area (Å²) < 4.78 is 18.5. The van der Waals surface area contributed by atoms with Crippen LogP contribution in [0.1, 0.15) is 24.4 Å². The lowest BCUT2D eigenvalue weighted by Gasteiger charge is -2.28. The molecule has 1 atom stereocenters. The number of hydrogen-bond acceptors (Lipinski definition) is 3. The van der Waals surface area contributed by atoms with E-state index in [1.165, 1.54) is 6.07 Å². The third-order valence-corrected chi connectivity index (χ3v) is 3.14. The minimum absolute atomic E-state index is 0.0220. The number of halogens is 1. The molecule has 0 saturated carbocycles. The average Bonchev–Trinajstić information content (AvgIpc) is 2.37. The normalized spacial score (nSPS) is 19.2. The summed E-state index contributed by atoms with van der Waals surface area (Å²) in [5.74, 6) is -0.213. The van der Waals surface area contributed by atoms with Crippen LogP contribution in [0.5, 0.6) is 0 Å². The van der Waals surface area contributed by atoms with Gasteiger partial charge in [-0.25, -0.2) is 4.39 Å². The van der Waals surface area contributed by atoms with E-state index in [-0.39, 0.29) is 11.9 Å². The largest absolute Gasteiger partial charge is 0.381 e. The van der Waals surface area contributed by atoms with Crippen molar-refractivity contribution in [1.29, 1.82) is 0 Å². The summed E-state index contributed by atoms with van der Waals surface area (Å²) in [6, 6.07) is 7.07. The van der Waals surface area contributed by atoms with E-state index < -0.39 is 0 Å². The SMILES string of the molecule is NCC(NC1CCOCC1)c1cccc(F)c1. The summed E-state index contributed by atoms with van der Waals surface area (Å²) in [5, 5.41) is 3.48. The summed E-state index contributed by atoms with van der Waals surface area (Å²) in [6.45, 7) is 2.05. The van der Waals surface area contributed by atoms with E-state index in [4.69, 9.17) is 10.5 Å². The van der Waals surface area contributed by atoms with Crippen molar-refractivity contribution in [3.63, 3.8) is 0 Å². The molecule has 0 spiro atoms. The second-order valence-electron chi connectivity index (χ2n) is 4.40. The summed E-state index contributed by atoms with van der Waals surface area (Å²) in [4.78, 5) is 0. The van der Waals surface area contributed by atoms with E-state index >= 15 is 0 Å². The van der Waals surface area contributed by atoms with Crippen molar-refractivity contribution in [2.24, 2.45) is 5.73 Å². The van der Waals surface area contributed by atoms with Crippen molar-refractivity contribution in [2.45, 2.75) is 24.9 Å². The molecule has 3 nitrogen and oxygen atoms in total. The zero-order valence-electron chi connectivity index (χ0n) is 9.86.